The van der Waals surface area contributed by atoms with Gasteiger partial charge in [0, 0.05) is 19.5 Å². The van der Waals surface area contributed by atoms with Gasteiger partial charge in [-0.2, -0.15) is 0 Å². The van der Waals surface area contributed by atoms with Crippen LogP contribution in [-0.2, 0) is 11.2 Å². The summed E-state index contributed by atoms with van der Waals surface area (Å²) in [5.41, 5.74) is 2.44. The summed E-state index contributed by atoms with van der Waals surface area (Å²) in [5.74, 6) is -0.0321. The lowest BCUT2D eigenvalue weighted by Crippen LogP contribution is -2.28. The highest BCUT2D eigenvalue weighted by molar-refractivity contribution is 6.03. The van der Waals surface area contributed by atoms with Gasteiger partial charge >= 0.3 is 0 Å². The lowest BCUT2D eigenvalue weighted by atomic mass is 10.1. The predicted octanol–water partition coefficient (Wildman–Crippen LogP) is 3.88. The van der Waals surface area contributed by atoms with E-state index in [4.69, 9.17) is 0 Å². The quantitative estimate of drug-likeness (QED) is 0.870. The minimum Gasteiger partial charge on any atom is -0.339 e. The number of rotatable bonds is 6. The van der Waals surface area contributed by atoms with Crippen molar-refractivity contribution < 1.29 is 9.59 Å². The second-order valence-electron chi connectivity index (χ2n) is 6.43. The maximum Gasteiger partial charge on any atom is 0.255 e. The Bertz CT molecular complexity index is 722. The molecule has 1 heterocycles. The lowest BCUT2D eigenvalue weighted by Gasteiger charge is -2.18. The zero-order chi connectivity index (χ0) is 17.5. The molecule has 2 aromatic rings. The van der Waals surface area contributed by atoms with Crippen LogP contribution in [0.1, 0.15) is 41.6 Å². The van der Waals surface area contributed by atoms with Crippen molar-refractivity contribution in [3.63, 3.8) is 0 Å². The van der Waals surface area contributed by atoms with Gasteiger partial charge in [-0.15, -0.1) is 0 Å². The molecule has 4 nitrogen and oxygen atoms in total. The smallest absolute Gasteiger partial charge is 0.255 e. The molecule has 0 aromatic heterocycles. The average molecular weight is 336 g/mol. The molecule has 0 unspecified atom stereocenters. The molecule has 2 amide bonds. The monoisotopic (exact) mass is 336 g/mol. The highest BCUT2D eigenvalue weighted by Crippen LogP contribution is 2.20. The van der Waals surface area contributed by atoms with Crippen molar-refractivity contribution in [1.82, 2.24) is 4.90 Å². The Morgan fingerprint density at radius 2 is 1.60 bits per heavy atom. The van der Waals surface area contributed by atoms with Gasteiger partial charge in [0.1, 0.15) is 0 Å². The van der Waals surface area contributed by atoms with Gasteiger partial charge in [0.15, 0.2) is 0 Å². The maximum absolute atomic E-state index is 12.6. The molecule has 1 fully saturated rings. The first-order chi connectivity index (χ1) is 12.2. The van der Waals surface area contributed by atoms with Gasteiger partial charge in [0.05, 0.1) is 11.3 Å². The number of aryl methyl sites for hydroxylation is 1. The molecule has 1 aliphatic heterocycles. The molecular formula is C21H24N2O2. The van der Waals surface area contributed by atoms with Crippen molar-refractivity contribution in [2.45, 2.75) is 32.1 Å². The highest BCUT2D eigenvalue weighted by Gasteiger charge is 2.22. The van der Waals surface area contributed by atoms with Crippen molar-refractivity contribution in [2.24, 2.45) is 0 Å². The van der Waals surface area contributed by atoms with Gasteiger partial charge in [0.2, 0.25) is 5.91 Å². The second kappa shape index (κ2) is 8.47. The van der Waals surface area contributed by atoms with E-state index in [9.17, 15) is 9.59 Å². The standard InChI is InChI=1S/C21H24N2O2/c24-20(14-8-11-17-9-2-1-3-10-17)22-19-13-5-4-12-18(19)21(25)23-15-6-7-16-23/h1-5,9-10,12-13H,6-8,11,14-16H2,(H,22,24). The van der Waals surface area contributed by atoms with E-state index in [-0.39, 0.29) is 11.8 Å². The van der Waals surface area contributed by atoms with Crippen LogP contribution in [0.15, 0.2) is 54.6 Å². The number of carbonyl (C=O) groups is 2. The molecule has 25 heavy (non-hydrogen) atoms. The van der Waals surface area contributed by atoms with E-state index in [0.29, 0.717) is 17.7 Å². The second-order valence-corrected chi connectivity index (χ2v) is 6.43. The number of hydrogen-bond donors (Lipinski definition) is 1. The van der Waals surface area contributed by atoms with Crippen LogP contribution in [0.2, 0.25) is 0 Å². The highest BCUT2D eigenvalue weighted by atomic mass is 16.2. The predicted molar refractivity (Wildman–Crippen MR) is 99.6 cm³/mol. The largest absolute Gasteiger partial charge is 0.339 e. The van der Waals surface area contributed by atoms with Crippen LogP contribution in [0.5, 0.6) is 0 Å². The van der Waals surface area contributed by atoms with E-state index in [1.807, 2.05) is 35.2 Å². The molecule has 0 atom stereocenters. The number of likely N-dealkylation sites (tertiary alicyclic amines) is 1. The zero-order valence-electron chi connectivity index (χ0n) is 14.4. The maximum atomic E-state index is 12.6. The fourth-order valence-corrected chi connectivity index (χ4v) is 3.18. The average Bonchev–Trinajstić information content (AvgIpc) is 3.17. The van der Waals surface area contributed by atoms with Crippen molar-refractivity contribution in [3.05, 3.63) is 65.7 Å². The van der Waals surface area contributed by atoms with Crippen LogP contribution < -0.4 is 5.32 Å². The molecule has 1 aliphatic rings. The molecule has 2 aromatic carbocycles. The molecule has 0 saturated carbocycles. The van der Waals surface area contributed by atoms with E-state index in [0.717, 1.165) is 38.8 Å². The SMILES string of the molecule is O=C(CCCc1ccccc1)Nc1ccccc1C(=O)N1CCCC1. The van der Waals surface area contributed by atoms with Crippen molar-refractivity contribution in [3.8, 4) is 0 Å². The Balaban J connectivity index is 1.56. The van der Waals surface area contributed by atoms with Crippen LogP contribution in [0, 0.1) is 0 Å². The molecule has 0 aliphatic carbocycles. The molecular weight excluding hydrogens is 312 g/mol. The van der Waals surface area contributed by atoms with E-state index in [2.05, 4.69) is 17.4 Å². The molecule has 3 rings (SSSR count). The number of nitrogens with zero attached hydrogens (tertiary/aromatic N) is 1. The Morgan fingerprint density at radius 1 is 0.920 bits per heavy atom. The molecule has 0 radical (unpaired) electrons. The number of hydrogen-bond acceptors (Lipinski definition) is 2. The van der Waals surface area contributed by atoms with E-state index >= 15 is 0 Å². The normalized spacial score (nSPS) is 13.7. The summed E-state index contributed by atoms with van der Waals surface area (Å²) in [4.78, 5) is 26.7. The number of benzene rings is 2. The third-order valence-electron chi connectivity index (χ3n) is 4.54. The first-order valence-electron chi connectivity index (χ1n) is 8.96. The number of anilines is 1. The summed E-state index contributed by atoms with van der Waals surface area (Å²) in [5, 5.41) is 2.91. The Hall–Kier alpha value is -2.62. The molecule has 4 heteroatoms. The molecule has 130 valence electrons. The molecule has 1 saturated heterocycles. The molecule has 0 bridgehead atoms. The summed E-state index contributed by atoms with van der Waals surface area (Å²) in [7, 11) is 0. The van der Waals surface area contributed by atoms with Crippen LogP contribution in [0.3, 0.4) is 0 Å². The lowest BCUT2D eigenvalue weighted by molar-refractivity contribution is -0.116. The van der Waals surface area contributed by atoms with Gasteiger partial charge in [0.25, 0.3) is 5.91 Å². The van der Waals surface area contributed by atoms with Gasteiger partial charge in [-0.1, -0.05) is 42.5 Å². The number of nitrogens with one attached hydrogen (secondary N) is 1. The number of para-hydroxylation sites is 1. The third kappa shape index (κ3) is 4.69. The first kappa shape index (κ1) is 17.2. The van der Waals surface area contributed by atoms with Crippen LogP contribution in [0.25, 0.3) is 0 Å². The third-order valence-corrected chi connectivity index (χ3v) is 4.54. The summed E-state index contributed by atoms with van der Waals surface area (Å²) in [6.07, 6.45) is 4.22. The van der Waals surface area contributed by atoms with Gasteiger partial charge in [-0.05, 0) is 43.4 Å². The van der Waals surface area contributed by atoms with Gasteiger partial charge in [-0.3, -0.25) is 9.59 Å². The minimum atomic E-state index is -0.0439. The van der Waals surface area contributed by atoms with Crippen LogP contribution in [0.4, 0.5) is 5.69 Å². The topological polar surface area (TPSA) is 49.4 Å². The van der Waals surface area contributed by atoms with Gasteiger partial charge < -0.3 is 10.2 Å². The zero-order valence-corrected chi connectivity index (χ0v) is 14.4. The van der Waals surface area contributed by atoms with Crippen LogP contribution >= 0.6 is 0 Å². The van der Waals surface area contributed by atoms with Crippen LogP contribution in [-0.4, -0.2) is 29.8 Å². The van der Waals surface area contributed by atoms with E-state index < -0.39 is 0 Å². The van der Waals surface area contributed by atoms with Gasteiger partial charge in [-0.25, -0.2) is 0 Å². The number of amides is 2. The fourth-order valence-electron chi connectivity index (χ4n) is 3.18. The Morgan fingerprint density at radius 3 is 2.36 bits per heavy atom. The number of carbonyl (C=O) groups excluding carboxylic acids is 2. The summed E-state index contributed by atoms with van der Waals surface area (Å²) < 4.78 is 0. The Kier molecular flexibility index (Phi) is 5.83. The first-order valence-corrected chi connectivity index (χ1v) is 8.96. The summed E-state index contributed by atoms with van der Waals surface area (Å²) in [6, 6.07) is 17.4. The summed E-state index contributed by atoms with van der Waals surface area (Å²) in [6.45, 7) is 1.61. The van der Waals surface area contributed by atoms with Crippen molar-refractivity contribution in [2.75, 3.05) is 18.4 Å². The van der Waals surface area contributed by atoms with E-state index in [1.165, 1.54) is 5.56 Å². The summed E-state index contributed by atoms with van der Waals surface area (Å²) >= 11 is 0. The Labute approximate surface area is 148 Å². The molecule has 1 N–H and O–H groups in total. The molecule has 0 spiro atoms. The van der Waals surface area contributed by atoms with Crippen molar-refractivity contribution >= 4 is 17.5 Å². The van der Waals surface area contributed by atoms with E-state index in [1.54, 1.807) is 12.1 Å². The van der Waals surface area contributed by atoms with Crippen molar-refractivity contribution in [1.29, 1.82) is 0 Å². The fraction of sp³-hybridized carbons (Fsp3) is 0.333. The minimum absolute atomic E-state index is 0.0117.